The second-order valence-corrected chi connectivity index (χ2v) is 8.71. The van der Waals surface area contributed by atoms with Crippen LogP contribution in [0.4, 0.5) is 5.13 Å². The average molecular weight is 380 g/mol. The number of aromatic nitrogens is 1. The van der Waals surface area contributed by atoms with Gasteiger partial charge in [0.05, 0.1) is 14.2 Å². The quantitative estimate of drug-likeness (QED) is 0.811. The molecule has 0 amide bonds. The van der Waals surface area contributed by atoms with E-state index in [1.807, 2.05) is 12.1 Å². The normalized spacial score (nSPS) is 20.2. The Morgan fingerprint density at radius 3 is 2.36 bits per heavy atom. The molecule has 7 heteroatoms. The number of methoxy groups -OCH3 is 2. The first kappa shape index (κ1) is 17.2. The van der Waals surface area contributed by atoms with Crippen LogP contribution in [0.3, 0.4) is 0 Å². The van der Waals surface area contributed by atoms with E-state index in [-0.39, 0.29) is 0 Å². The Labute approximate surface area is 157 Å². The summed E-state index contributed by atoms with van der Waals surface area (Å²) in [6.07, 6.45) is 2.46. The second-order valence-electron chi connectivity index (χ2n) is 6.51. The third-order valence-corrected chi connectivity index (χ3v) is 7.27. The summed E-state index contributed by atoms with van der Waals surface area (Å²) in [7, 11) is 3.41. The minimum absolute atomic E-state index is 0.746. The number of anilines is 1. The van der Waals surface area contributed by atoms with E-state index in [0.717, 1.165) is 46.0 Å². The van der Waals surface area contributed by atoms with Gasteiger partial charge < -0.3 is 14.4 Å². The van der Waals surface area contributed by atoms with Crippen molar-refractivity contribution in [3.05, 3.63) is 12.1 Å². The van der Waals surface area contributed by atoms with E-state index >= 15 is 0 Å². The molecule has 1 aromatic heterocycles. The number of rotatable bonds is 4. The minimum atomic E-state index is 0.746. The van der Waals surface area contributed by atoms with Gasteiger partial charge in [0, 0.05) is 43.7 Å². The first-order chi connectivity index (χ1) is 12.3. The Morgan fingerprint density at radius 1 is 1.00 bits per heavy atom. The molecule has 0 N–H and O–H groups in total. The molecule has 25 heavy (non-hydrogen) atoms. The number of hydrogen-bond donors (Lipinski definition) is 0. The lowest BCUT2D eigenvalue weighted by Crippen LogP contribution is -2.47. The van der Waals surface area contributed by atoms with Crippen molar-refractivity contribution in [3.8, 4) is 11.5 Å². The van der Waals surface area contributed by atoms with Crippen molar-refractivity contribution in [1.82, 2.24) is 9.88 Å². The molecule has 0 bridgehead atoms. The Balaban J connectivity index is 1.51. The summed E-state index contributed by atoms with van der Waals surface area (Å²) in [6.45, 7) is 4.67. The van der Waals surface area contributed by atoms with Crippen molar-refractivity contribution >= 4 is 38.4 Å². The van der Waals surface area contributed by atoms with Crippen LogP contribution < -0.4 is 14.4 Å². The maximum atomic E-state index is 5.51. The SMILES string of the molecule is COc1ccc(OC)c2sc(N3CCC(N4CCSCC4)CC3)nc12. The van der Waals surface area contributed by atoms with Crippen LogP contribution in [0.2, 0.25) is 0 Å². The van der Waals surface area contributed by atoms with Gasteiger partial charge in [0.1, 0.15) is 21.7 Å². The fourth-order valence-electron chi connectivity index (χ4n) is 3.77. The highest BCUT2D eigenvalue weighted by Crippen LogP contribution is 2.40. The monoisotopic (exact) mass is 379 g/mol. The van der Waals surface area contributed by atoms with Crippen LogP contribution in [0.25, 0.3) is 10.2 Å². The molecular weight excluding hydrogens is 354 g/mol. The number of nitrogens with zero attached hydrogens (tertiary/aromatic N) is 3. The zero-order chi connectivity index (χ0) is 17.2. The standard InChI is InChI=1S/C18H25N3O2S2/c1-22-14-3-4-15(23-2)17-16(14)19-18(25-17)21-7-5-13(6-8-21)20-9-11-24-12-10-20/h3-4,13H,5-12H2,1-2H3. The van der Waals surface area contributed by atoms with Crippen LogP contribution in [0, 0.1) is 0 Å². The largest absolute Gasteiger partial charge is 0.495 e. The molecule has 0 aliphatic carbocycles. The molecular formula is C18H25N3O2S2. The highest BCUT2D eigenvalue weighted by Gasteiger charge is 2.27. The molecule has 4 rings (SSSR count). The van der Waals surface area contributed by atoms with Gasteiger partial charge in [-0.1, -0.05) is 11.3 Å². The van der Waals surface area contributed by atoms with Crippen LogP contribution in [-0.4, -0.2) is 67.8 Å². The van der Waals surface area contributed by atoms with E-state index in [4.69, 9.17) is 14.5 Å². The molecule has 1 aromatic carbocycles. The van der Waals surface area contributed by atoms with Crippen molar-refractivity contribution < 1.29 is 9.47 Å². The predicted molar refractivity (Wildman–Crippen MR) is 107 cm³/mol. The molecule has 0 saturated carbocycles. The summed E-state index contributed by atoms with van der Waals surface area (Å²) in [5.74, 6) is 4.27. The fraction of sp³-hybridized carbons (Fsp3) is 0.611. The lowest BCUT2D eigenvalue weighted by atomic mass is 10.0. The molecule has 5 nitrogen and oxygen atoms in total. The van der Waals surface area contributed by atoms with E-state index in [0.29, 0.717) is 0 Å². The maximum absolute atomic E-state index is 5.51. The van der Waals surface area contributed by atoms with E-state index in [2.05, 4.69) is 21.6 Å². The molecule has 3 heterocycles. The number of hydrogen-bond acceptors (Lipinski definition) is 7. The molecule has 2 saturated heterocycles. The smallest absolute Gasteiger partial charge is 0.186 e. The predicted octanol–water partition coefficient (Wildman–Crippen LogP) is 3.33. The summed E-state index contributed by atoms with van der Waals surface area (Å²) in [4.78, 5) is 10.00. The fourth-order valence-corrected chi connectivity index (χ4v) is 5.83. The molecule has 2 fully saturated rings. The van der Waals surface area contributed by atoms with Gasteiger partial charge in [-0.05, 0) is 25.0 Å². The third kappa shape index (κ3) is 3.41. The van der Waals surface area contributed by atoms with Gasteiger partial charge in [-0.3, -0.25) is 4.90 Å². The van der Waals surface area contributed by atoms with Crippen LogP contribution >= 0.6 is 23.1 Å². The highest BCUT2D eigenvalue weighted by molar-refractivity contribution is 7.99. The summed E-state index contributed by atoms with van der Waals surface area (Å²) in [5.41, 5.74) is 0.914. The van der Waals surface area contributed by atoms with E-state index in [1.54, 1.807) is 25.6 Å². The Morgan fingerprint density at radius 2 is 1.68 bits per heavy atom. The number of thiazole rings is 1. The lowest BCUT2D eigenvalue weighted by molar-refractivity contribution is 0.186. The maximum Gasteiger partial charge on any atom is 0.186 e. The average Bonchev–Trinajstić information content (AvgIpc) is 3.13. The van der Waals surface area contributed by atoms with E-state index < -0.39 is 0 Å². The van der Waals surface area contributed by atoms with Crippen LogP contribution in [0.15, 0.2) is 12.1 Å². The highest BCUT2D eigenvalue weighted by atomic mass is 32.2. The molecule has 0 spiro atoms. The minimum Gasteiger partial charge on any atom is -0.495 e. The first-order valence-corrected chi connectivity index (χ1v) is 10.9. The summed E-state index contributed by atoms with van der Waals surface area (Å²) in [6, 6.07) is 4.64. The Hall–Kier alpha value is -1.18. The van der Waals surface area contributed by atoms with E-state index in [9.17, 15) is 0 Å². The summed E-state index contributed by atoms with van der Waals surface area (Å²) in [5, 5.41) is 1.09. The Kier molecular flexibility index (Phi) is 5.24. The molecule has 0 atom stereocenters. The van der Waals surface area contributed by atoms with Gasteiger partial charge in [-0.15, -0.1) is 0 Å². The van der Waals surface area contributed by atoms with Crippen molar-refractivity contribution in [2.45, 2.75) is 18.9 Å². The third-order valence-electron chi connectivity index (χ3n) is 5.20. The molecule has 2 aliphatic heterocycles. The van der Waals surface area contributed by atoms with Crippen molar-refractivity contribution in [3.63, 3.8) is 0 Å². The topological polar surface area (TPSA) is 37.8 Å². The van der Waals surface area contributed by atoms with Gasteiger partial charge in [-0.2, -0.15) is 11.8 Å². The van der Waals surface area contributed by atoms with Crippen molar-refractivity contribution in [2.75, 3.05) is 56.8 Å². The van der Waals surface area contributed by atoms with Crippen molar-refractivity contribution in [1.29, 1.82) is 0 Å². The lowest BCUT2D eigenvalue weighted by Gasteiger charge is -2.40. The second kappa shape index (κ2) is 7.60. The van der Waals surface area contributed by atoms with Crippen LogP contribution in [0.1, 0.15) is 12.8 Å². The van der Waals surface area contributed by atoms with E-state index in [1.165, 1.54) is 37.4 Å². The zero-order valence-electron chi connectivity index (χ0n) is 14.9. The van der Waals surface area contributed by atoms with Crippen LogP contribution in [0.5, 0.6) is 11.5 Å². The van der Waals surface area contributed by atoms with Gasteiger partial charge in [0.15, 0.2) is 5.13 Å². The van der Waals surface area contributed by atoms with Gasteiger partial charge in [-0.25, -0.2) is 4.98 Å². The molecule has 2 aliphatic rings. The van der Waals surface area contributed by atoms with Gasteiger partial charge in [0.25, 0.3) is 0 Å². The first-order valence-electron chi connectivity index (χ1n) is 8.88. The molecule has 0 unspecified atom stereocenters. The molecule has 136 valence electrons. The summed E-state index contributed by atoms with van der Waals surface area (Å²) < 4.78 is 12.1. The number of thioether (sulfide) groups is 1. The number of piperidine rings is 1. The van der Waals surface area contributed by atoms with Crippen molar-refractivity contribution in [2.24, 2.45) is 0 Å². The number of benzene rings is 1. The van der Waals surface area contributed by atoms with Crippen LogP contribution in [-0.2, 0) is 0 Å². The zero-order valence-corrected chi connectivity index (χ0v) is 16.5. The Bertz CT molecular complexity index is 681. The van der Waals surface area contributed by atoms with Gasteiger partial charge in [0.2, 0.25) is 0 Å². The molecule has 0 radical (unpaired) electrons. The summed E-state index contributed by atoms with van der Waals surface area (Å²) >= 11 is 3.80. The number of fused-ring (bicyclic) bond motifs is 1. The van der Waals surface area contributed by atoms with Gasteiger partial charge >= 0.3 is 0 Å². The number of ether oxygens (including phenoxy) is 2. The molecule has 2 aromatic rings.